The smallest absolute Gasteiger partial charge is 0.0900 e. The van der Waals surface area contributed by atoms with Crippen molar-refractivity contribution in [3.8, 4) is 0 Å². The van der Waals surface area contributed by atoms with Crippen LogP contribution in [0.5, 0.6) is 0 Å². The highest BCUT2D eigenvalue weighted by Gasteiger charge is 2.13. The van der Waals surface area contributed by atoms with Crippen molar-refractivity contribution >= 4 is 11.3 Å². The van der Waals surface area contributed by atoms with E-state index >= 15 is 0 Å². The standard InChI is InChI=1S/C13H25N3OS/c1-5-17-12(8-14)6-7-15-9(2)13-10(3)16-11(4)18-13/h9,12,15H,5-8,14H2,1-4H3. The summed E-state index contributed by atoms with van der Waals surface area (Å²) in [7, 11) is 0. The van der Waals surface area contributed by atoms with Gasteiger partial charge in [-0.3, -0.25) is 0 Å². The minimum atomic E-state index is 0.166. The summed E-state index contributed by atoms with van der Waals surface area (Å²) < 4.78 is 5.53. The van der Waals surface area contributed by atoms with Gasteiger partial charge in [-0.2, -0.15) is 0 Å². The largest absolute Gasteiger partial charge is 0.377 e. The first kappa shape index (κ1) is 15.6. The number of nitrogens with zero attached hydrogens (tertiary/aromatic N) is 1. The molecule has 0 aliphatic heterocycles. The van der Waals surface area contributed by atoms with Crippen LogP contribution in [0, 0.1) is 13.8 Å². The molecule has 1 aromatic heterocycles. The Labute approximate surface area is 114 Å². The second kappa shape index (κ2) is 7.84. The van der Waals surface area contributed by atoms with Gasteiger partial charge in [-0.05, 0) is 40.7 Å². The average molecular weight is 271 g/mol. The van der Waals surface area contributed by atoms with E-state index in [9.17, 15) is 0 Å². The third-order valence-electron chi connectivity index (χ3n) is 2.91. The molecule has 0 spiro atoms. The molecular formula is C13H25N3OS. The van der Waals surface area contributed by atoms with Gasteiger partial charge in [0.15, 0.2) is 0 Å². The summed E-state index contributed by atoms with van der Waals surface area (Å²) in [6.07, 6.45) is 1.12. The fourth-order valence-corrected chi connectivity index (χ4v) is 2.96. The third-order valence-corrected chi connectivity index (χ3v) is 4.17. The summed E-state index contributed by atoms with van der Waals surface area (Å²) in [5, 5.41) is 4.64. The van der Waals surface area contributed by atoms with Crippen LogP contribution in [0.4, 0.5) is 0 Å². The summed E-state index contributed by atoms with van der Waals surface area (Å²) in [5.74, 6) is 0. The van der Waals surface area contributed by atoms with Gasteiger partial charge in [-0.1, -0.05) is 0 Å². The van der Waals surface area contributed by atoms with Crippen molar-refractivity contribution in [3.05, 3.63) is 15.6 Å². The van der Waals surface area contributed by atoms with Crippen LogP contribution in [0.3, 0.4) is 0 Å². The summed E-state index contributed by atoms with van der Waals surface area (Å²) in [5.41, 5.74) is 6.79. The number of aryl methyl sites for hydroxylation is 2. The summed E-state index contributed by atoms with van der Waals surface area (Å²) >= 11 is 1.77. The number of thiazole rings is 1. The van der Waals surface area contributed by atoms with E-state index in [1.54, 1.807) is 11.3 Å². The Hall–Kier alpha value is -0.490. The van der Waals surface area contributed by atoms with Crippen LogP contribution in [0.25, 0.3) is 0 Å². The maximum absolute atomic E-state index is 5.65. The molecular weight excluding hydrogens is 246 g/mol. The van der Waals surface area contributed by atoms with Gasteiger partial charge in [0.25, 0.3) is 0 Å². The lowest BCUT2D eigenvalue weighted by atomic mass is 10.2. The molecule has 3 N–H and O–H groups in total. The lowest BCUT2D eigenvalue weighted by Crippen LogP contribution is -2.29. The second-order valence-corrected chi connectivity index (χ2v) is 5.69. The van der Waals surface area contributed by atoms with Gasteiger partial charge in [0, 0.05) is 24.1 Å². The molecule has 0 aromatic carbocycles. The van der Waals surface area contributed by atoms with Crippen molar-refractivity contribution in [2.75, 3.05) is 19.7 Å². The average Bonchev–Trinajstić information content (AvgIpc) is 2.67. The maximum atomic E-state index is 5.65. The van der Waals surface area contributed by atoms with Gasteiger partial charge < -0.3 is 15.8 Å². The lowest BCUT2D eigenvalue weighted by Gasteiger charge is -2.17. The molecule has 0 radical (unpaired) electrons. The van der Waals surface area contributed by atoms with Crippen LogP contribution in [0.1, 0.15) is 41.9 Å². The van der Waals surface area contributed by atoms with E-state index in [-0.39, 0.29) is 6.10 Å². The van der Waals surface area contributed by atoms with Crippen LogP contribution in [0.2, 0.25) is 0 Å². The molecule has 18 heavy (non-hydrogen) atoms. The van der Waals surface area contributed by atoms with Crippen LogP contribution < -0.4 is 11.1 Å². The Morgan fingerprint density at radius 2 is 2.17 bits per heavy atom. The Balaban J connectivity index is 2.37. The summed E-state index contributed by atoms with van der Waals surface area (Å²) in [6, 6.07) is 0.344. The molecule has 4 nitrogen and oxygen atoms in total. The third kappa shape index (κ3) is 4.65. The zero-order valence-electron chi connectivity index (χ0n) is 11.8. The summed E-state index contributed by atoms with van der Waals surface area (Å²) in [6.45, 7) is 10.5. The molecule has 0 amide bonds. The number of nitrogens with one attached hydrogen (secondary N) is 1. The van der Waals surface area contributed by atoms with Crippen molar-refractivity contribution in [3.63, 3.8) is 0 Å². The zero-order valence-corrected chi connectivity index (χ0v) is 12.6. The maximum Gasteiger partial charge on any atom is 0.0900 e. The number of nitrogens with two attached hydrogens (primary N) is 1. The molecule has 2 atom stereocenters. The molecule has 0 bridgehead atoms. The van der Waals surface area contributed by atoms with E-state index in [0.29, 0.717) is 12.6 Å². The highest BCUT2D eigenvalue weighted by molar-refractivity contribution is 7.11. The van der Waals surface area contributed by atoms with Crippen LogP contribution in [-0.4, -0.2) is 30.8 Å². The van der Waals surface area contributed by atoms with Gasteiger partial charge >= 0.3 is 0 Å². The molecule has 1 rings (SSSR count). The Morgan fingerprint density at radius 1 is 1.44 bits per heavy atom. The molecule has 2 unspecified atom stereocenters. The van der Waals surface area contributed by atoms with Crippen molar-refractivity contribution in [1.82, 2.24) is 10.3 Å². The normalized spacial score (nSPS) is 14.7. The number of rotatable bonds is 8. The second-order valence-electron chi connectivity index (χ2n) is 4.46. The van der Waals surface area contributed by atoms with Crippen molar-refractivity contribution < 1.29 is 4.74 Å². The quantitative estimate of drug-likeness (QED) is 0.760. The number of ether oxygens (including phenoxy) is 1. The van der Waals surface area contributed by atoms with E-state index in [4.69, 9.17) is 10.5 Å². The highest BCUT2D eigenvalue weighted by atomic mass is 32.1. The molecule has 0 saturated heterocycles. The van der Waals surface area contributed by atoms with Crippen molar-refractivity contribution in [2.45, 2.75) is 46.3 Å². The van der Waals surface area contributed by atoms with E-state index in [2.05, 4.69) is 24.1 Å². The van der Waals surface area contributed by atoms with E-state index in [0.717, 1.165) is 30.3 Å². The molecule has 0 fully saturated rings. The number of aromatic nitrogens is 1. The number of hydrogen-bond acceptors (Lipinski definition) is 5. The van der Waals surface area contributed by atoms with Crippen LogP contribution in [0.15, 0.2) is 0 Å². The highest BCUT2D eigenvalue weighted by Crippen LogP contribution is 2.24. The van der Waals surface area contributed by atoms with Gasteiger partial charge in [-0.15, -0.1) is 11.3 Å². The van der Waals surface area contributed by atoms with E-state index < -0.39 is 0 Å². The van der Waals surface area contributed by atoms with E-state index in [1.165, 1.54) is 4.88 Å². The first-order valence-electron chi connectivity index (χ1n) is 6.57. The molecule has 104 valence electrons. The van der Waals surface area contributed by atoms with Gasteiger partial charge in [0.05, 0.1) is 16.8 Å². The van der Waals surface area contributed by atoms with Gasteiger partial charge in [0.2, 0.25) is 0 Å². The zero-order chi connectivity index (χ0) is 13.5. The van der Waals surface area contributed by atoms with Gasteiger partial charge in [0.1, 0.15) is 0 Å². The van der Waals surface area contributed by atoms with Crippen LogP contribution >= 0.6 is 11.3 Å². The van der Waals surface area contributed by atoms with Crippen LogP contribution in [-0.2, 0) is 4.74 Å². The molecule has 5 heteroatoms. The predicted molar refractivity (Wildman–Crippen MR) is 77.1 cm³/mol. The topological polar surface area (TPSA) is 60.2 Å². The predicted octanol–water partition coefficient (Wildman–Crippen LogP) is 2.16. The minimum Gasteiger partial charge on any atom is -0.377 e. The fraction of sp³-hybridized carbons (Fsp3) is 0.769. The molecule has 0 aliphatic carbocycles. The number of hydrogen-bond donors (Lipinski definition) is 2. The van der Waals surface area contributed by atoms with E-state index in [1.807, 2.05) is 13.8 Å². The Bertz CT molecular complexity index is 354. The SMILES string of the molecule is CCOC(CN)CCNC(C)c1sc(C)nc1C. The first-order valence-corrected chi connectivity index (χ1v) is 7.39. The summed E-state index contributed by atoms with van der Waals surface area (Å²) in [4.78, 5) is 5.78. The Kier molecular flexibility index (Phi) is 6.78. The minimum absolute atomic E-state index is 0.166. The van der Waals surface area contributed by atoms with Gasteiger partial charge in [-0.25, -0.2) is 4.98 Å². The molecule has 1 heterocycles. The van der Waals surface area contributed by atoms with Crippen molar-refractivity contribution in [1.29, 1.82) is 0 Å². The monoisotopic (exact) mass is 271 g/mol. The first-order chi connectivity index (χ1) is 8.58. The molecule has 0 saturated carbocycles. The Morgan fingerprint density at radius 3 is 2.67 bits per heavy atom. The van der Waals surface area contributed by atoms with Crippen molar-refractivity contribution in [2.24, 2.45) is 5.73 Å². The molecule has 1 aromatic rings. The fourth-order valence-electron chi connectivity index (χ4n) is 2.01. The molecule has 0 aliphatic rings. The lowest BCUT2D eigenvalue weighted by molar-refractivity contribution is 0.0627.